The molecule has 8 saturated carbocycles. The topological polar surface area (TPSA) is 54.4 Å². The second kappa shape index (κ2) is 7.06. The summed E-state index contributed by atoms with van der Waals surface area (Å²) in [5, 5.41) is 0. The van der Waals surface area contributed by atoms with E-state index < -0.39 is 10.1 Å². The van der Waals surface area contributed by atoms with Gasteiger partial charge in [0.05, 0.1) is 4.91 Å². The van der Waals surface area contributed by atoms with E-state index in [2.05, 4.69) is 18.7 Å². The van der Waals surface area contributed by atoms with E-state index in [4.69, 9.17) is 0 Å². The summed E-state index contributed by atoms with van der Waals surface area (Å²) in [7, 11) is -4.27. The summed E-state index contributed by atoms with van der Waals surface area (Å²) < 4.78 is 34.1. The van der Waals surface area contributed by atoms with E-state index in [1.807, 2.05) is 6.08 Å². The molecule has 3 nitrogen and oxygen atoms in total. The van der Waals surface area contributed by atoms with E-state index in [0.717, 1.165) is 66.8 Å². The molecule has 0 heterocycles. The predicted octanol–water partition coefficient (Wildman–Crippen LogP) is 6.69. The van der Waals surface area contributed by atoms with E-state index in [-0.39, 0.29) is 10.3 Å². The van der Waals surface area contributed by atoms with Crippen molar-refractivity contribution in [1.82, 2.24) is 0 Å². The van der Waals surface area contributed by atoms with Gasteiger partial charge in [-0.3, -0.25) is 4.55 Å². The van der Waals surface area contributed by atoms with Crippen molar-refractivity contribution in [3.63, 3.8) is 0 Å². The van der Waals surface area contributed by atoms with Crippen LogP contribution in [0.2, 0.25) is 0 Å². The van der Waals surface area contributed by atoms with Gasteiger partial charge in [0.25, 0.3) is 10.1 Å². The molecule has 8 aliphatic carbocycles. The number of allylic oxidation sites excluding steroid dienone is 4. The van der Waals surface area contributed by atoms with Gasteiger partial charge in [0.2, 0.25) is 0 Å². The molecule has 0 radical (unpaired) electrons. The molecule has 0 aromatic rings. The van der Waals surface area contributed by atoms with Gasteiger partial charge in [-0.15, -0.1) is 0 Å². The smallest absolute Gasteiger partial charge is 0.282 e. The standard InChI is InChI=1S/C27H38O3S/c1-18(31(28,29)30)25(27-15-22-9-23(16-27)11-24(10-22)17-27)4-2-3-5-26-12-19-6-20(13-26)8-21(7-19)14-26/h2-4,19-24H,1,5-17H2,(H,28,29,30)/b3-2-,25-4+. The van der Waals surface area contributed by atoms with Gasteiger partial charge in [-0.25, -0.2) is 0 Å². The van der Waals surface area contributed by atoms with Crippen molar-refractivity contribution < 1.29 is 13.0 Å². The average Bonchev–Trinajstić information content (AvgIpc) is 2.64. The van der Waals surface area contributed by atoms with Gasteiger partial charge in [0.1, 0.15) is 0 Å². The molecule has 0 saturated heterocycles. The molecule has 8 aliphatic rings. The molecule has 0 amide bonds. The lowest BCUT2D eigenvalue weighted by molar-refractivity contribution is -0.0506. The Bertz CT molecular complexity index is 867. The van der Waals surface area contributed by atoms with Gasteiger partial charge in [-0.1, -0.05) is 24.8 Å². The fourth-order valence-corrected chi connectivity index (χ4v) is 10.7. The van der Waals surface area contributed by atoms with Gasteiger partial charge >= 0.3 is 0 Å². The van der Waals surface area contributed by atoms with Crippen molar-refractivity contribution in [1.29, 1.82) is 0 Å². The maximum absolute atomic E-state index is 12.1. The fourth-order valence-electron chi connectivity index (χ4n) is 10.2. The molecule has 0 aromatic heterocycles. The second-order valence-electron chi connectivity index (χ2n) is 12.7. The highest BCUT2D eigenvalue weighted by Gasteiger charge is 2.53. The van der Waals surface area contributed by atoms with Gasteiger partial charge < -0.3 is 0 Å². The van der Waals surface area contributed by atoms with Crippen LogP contribution in [0.25, 0.3) is 0 Å². The zero-order valence-corrected chi connectivity index (χ0v) is 19.6. The average molecular weight is 443 g/mol. The van der Waals surface area contributed by atoms with Gasteiger partial charge in [-0.05, 0) is 135 Å². The third-order valence-corrected chi connectivity index (χ3v) is 11.2. The molecule has 0 atom stereocenters. The first kappa shape index (κ1) is 20.7. The highest BCUT2D eigenvalue weighted by Crippen LogP contribution is 2.64. The maximum Gasteiger partial charge on any atom is 0.294 e. The summed E-state index contributed by atoms with van der Waals surface area (Å²) in [6, 6.07) is 0. The summed E-state index contributed by atoms with van der Waals surface area (Å²) in [6.07, 6.45) is 23.3. The SMILES string of the molecule is C=C(/C(=C\C=C/CC12CC3CC(CC(C3)C1)C2)C12CC3CC(CC(C3)C1)C2)S(=O)(=O)O. The largest absolute Gasteiger partial charge is 0.294 e. The molecule has 0 aromatic carbocycles. The molecule has 0 unspecified atom stereocenters. The molecule has 31 heavy (non-hydrogen) atoms. The Labute approximate surface area is 188 Å². The summed E-state index contributed by atoms with van der Waals surface area (Å²) in [5.74, 6) is 5.03. The minimum Gasteiger partial charge on any atom is -0.282 e. The lowest BCUT2D eigenvalue weighted by atomic mass is 9.47. The highest BCUT2D eigenvalue weighted by atomic mass is 32.2. The summed E-state index contributed by atoms with van der Waals surface area (Å²) in [4.78, 5) is -0.0473. The third-order valence-electron chi connectivity index (χ3n) is 10.3. The van der Waals surface area contributed by atoms with Crippen LogP contribution in [0.4, 0.5) is 0 Å². The summed E-state index contributed by atoms with van der Waals surface area (Å²) in [5.41, 5.74) is 1.23. The van der Waals surface area contributed by atoms with Crippen LogP contribution in [0.1, 0.15) is 83.5 Å². The first-order valence-corrected chi connectivity index (χ1v) is 14.2. The van der Waals surface area contributed by atoms with Crippen LogP contribution >= 0.6 is 0 Å². The molecule has 8 bridgehead atoms. The van der Waals surface area contributed by atoms with Crippen LogP contribution < -0.4 is 0 Å². The van der Waals surface area contributed by atoms with E-state index in [9.17, 15) is 13.0 Å². The normalized spacial score (nSPS) is 48.1. The van der Waals surface area contributed by atoms with Crippen molar-refractivity contribution in [2.24, 2.45) is 46.3 Å². The first-order valence-electron chi connectivity index (χ1n) is 12.8. The predicted molar refractivity (Wildman–Crippen MR) is 124 cm³/mol. The molecule has 8 rings (SSSR count). The fraction of sp³-hybridized carbons (Fsp3) is 0.778. The quantitative estimate of drug-likeness (QED) is 0.368. The molecular formula is C27H38O3S. The molecule has 170 valence electrons. The monoisotopic (exact) mass is 442 g/mol. The Morgan fingerprint density at radius 2 is 1.23 bits per heavy atom. The molecule has 8 fully saturated rings. The van der Waals surface area contributed by atoms with Gasteiger partial charge in [-0.2, -0.15) is 8.42 Å². The zero-order chi connectivity index (χ0) is 21.4. The van der Waals surface area contributed by atoms with E-state index >= 15 is 0 Å². The molecule has 0 spiro atoms. The van der Waals surface area contributed by atoms with Crippen LogP contribution in [0, 0.1) is 46.3 Å². The molecule has 0 aliphatic heterocycles. The lowest BCUT2D eigenvalue weighted by Crippen LogP contribution is -2.47. The van der Waals surface area contributed by atoms with E-state index in [0.29, 0.717) is 5.41 Å². The van der Waals surface area contributed by atoms with Crippen LogP contribution in [-0.4, -0.2) is 13.0 Å². The van der Waals surface area contributed by atoms with Crippen LogP contribution in [0.5, 0.6) is 0 Å². The Morgan fingerprint density at radius 1 is 0.806 bits per heavy atom. The Balaban J connectivity index is 1.26. The van der Waals surface area contributed by atoms with Crippen LogP contribution in [0.15, 0.2) is 35.3 Å². The summed E-state index contributed by atoms with van der Waals surface area (Å²) in [6.45, 7) is 3.88. The van der Waals surface area contributed by atoms with E-state index in [1.54, 1.807) is 0 Å². The van der Waals surface area contributed by atoms with Crippen LogP contribution in [0.3, 0.4) is 0 Å². The van der Waals surface area contributed by atoms with Gasteiger partial charge in [0.15, 0.2) is 0 Å². The minimum atomic E-state index is -4.27. The van der Waals surface area contributed by atoms with Crippen LogP contribution in [-0.2, 0) is 10.1 Å². The Kier molecular flexibility index (Phi) is 4.72. The maximum atomic E-state index is 12.1. The number of hydrogen-bond donors (Lipinski definition) is 1. The summed E-state index contributed by atoms with van der Waals surface area (Å²) >= 11 is 0. The second-order valence-corrected chi connectivity index (χ2v) is 14.2. The first-order chi connectivity index (χ1) is 14.7. The van der Waals surface area contributed by atoms with Crippen molar-refractivity contribution in [2.45, 2.75) is 83.5 Å². The van der Waals surface area contributed by atoms with Crippen molar-refractivity contribution in [3.05, 3.63) is 35.3 Å². The third kappa shape index (κ3) is 3.60. The van der Waals surface area contributed by atoms with Gasteiger partial charge in [0, 0.05) is 0 Å². The highest BCUT2D eigenvalue weighted by molar-refractivity contribution is 7.90. The van der Waals surface area contributed by atoms with E-state index in [1.165, 1.54) is 57.8 Å². The number of hydrogen-bond acceptors (Lipinski definition) is 2. The van der Waals surface area contributed by atoms with Crippen molar-refractivity contribution >= 4 is 10.1 Å². The molecule has 1 N–H and O–H groups in total. The molecule has 4 heteroatoms. The minimum absolute atomic E-state index is 0.0473. The number of rotatable bonds is 6. The lowest BCUT2D eigenvalue weighted by Gasteiger charge is -2.57. The van der Waals surface area contributed by atoms with Crippen molar-refractivity contribution in [2.75, 3.05) is 0 Å². The molecular weight excluding hydrogens is 404 g/mol. The Morgan fingerprint density at radius 3 is 1.65 bits per heavy atom. The Hall–Kier alpha value is -0.870. The zero-order valence-electron chi connectivity index (χ0n) is 18.8. The van der Waals surface area contributed by atoms with Crippen molar-refractivity contribution in [3.8, 4) is 0 Å².